The number of ether oxygens (including phenoxy) is 1. The molecule has 23 heavy (non-hydrogen) atoms. The molecule has 0 aromatic heterocycles. The fraction of sp³-hybridized carbons (Fsp3) is 0.316. The van der Waals surface area contributed by atoms with E-state index in [2.05, 4.69) is 5.32 Å². The van der Waals surface area contributed by atoms with Crippen LogP contribution in [0.15, 0.2) is 54.6 Å². The number of benzene rings is 2. The van der Waals surface area contributed by atoms with Gasteiger partial charge in [0, 0.05) is 0 Å². The van der Waals surface area contributed by atoms with E-state index >= 15 is 0 Å². The minimum Gasteiger partial charge on any atom is -0.492 e. The summed E-state index contributed by atoms with van der Waals surface area (Å²) >= 11 is 0. The smallest absolute Gasteiger partial charge is 0.227 e. The molecule has 4 heteroatoms. The second-order valence-corrected chi connectivity index (χ2v) is 6.18. The van der Waals surface area contributed by atoms with Crippen molar-refractivity contribution in [2.45, 2.75) is 18.9 Å². The number of fused-ring (bicyclic) bond motifs is 1. The predicted octanol–water partition coefficient (Wildman–Crippen LogP) is 2.26. The third-order valence-corrected chi connectivity index (χ3v) is 4.25. The first-order chi connectivity index (χ1) is 11.1. The Morgan fingerprint density at radius 2 is 1.91 bits per heavy atom. The maximum absolute atomic E-state index is 12.4. The van der Waals surface area contributed by atoms with Crippen molar-refractivity contribution in [1.82, 2.24) is 5.32 Å². The number of carbonyl (C=O) groups excluding carboxylic acids is 1. The Balaban J connectivity index is 1.60. The van der Waals surface area contributed by atoms with Crippen molar-refractivity contribution in [3.05, 3.63) is 65.7 Å². The fourth-order valence-electron chi connectivity index (χ4n) is 2.80. The standard InChI is InChI=1S/C19H21NO3/c1-19(22,16-8-3-2-4-9-16)13-20-18(21)15-11-14-7-5-6-10-17(14)23-12-15/h2-10,15,22H,11-13H2,1H3,(H,20,21). The minimum atomic E-state index is -1.09. The highest BCUT2D eigenvalue weighted by Gasteiger charge is 2.28. The van der Waals surface area contributed by atoms with E-state index in [4.69, 9.17) is 4.74 Å². The van der Waals surface area contributed by atoms with E-state index in [1.807, 2.05) is 54.6 Å². The van der Waals surface area contributed by atoms with Crippen LogP contribution in [0.4, 0.5) is 0 Å². The summed E-state index contributed by atoms with van der Waals surface area (Å²) in [5.41, 5.74) is 0.740. The zero-order valence-electron chi connectivity index (χ0n) is 13.2. The number of hydrogen-bond acceptors (Lipinski definition) is 3. The van der Waals surface area contributed by atoms with Crippen LogP contribution in [0.3, 0.4) is 0 Å². The Morgan fingerprint density at radius 1 is 1.22 bits per heavy atom. The zero-order valence-corrected chi connectivity index (χ0v) is 13.2. The number of amides is 1. The molecule has 3 rings (SSSR count). The molecule has 1 amide bonds. The summed E-state index contributed by atoms with van der Waals surface area (Å²) < 4.78 is 5.65. The molecule has 2 aromatic rings. The molecule has 1 aliphatic rings. The van der Waals surface area contributed by atoms with E-state index in [0.29, 0.717) is 13.0 Å². The van der Waals surface area contributed by atoms with Gasteiger partial charge in [-0.3, -0.25) is 4.79 Å². The summed E-state index contributed by atoms with van der Waals surface area (Å²) in [5, 5.41) is 13.4. The summed E-state index contributed by atoms with van der Waals surface area (Å²) in [5.74, 6) is 0.542. The van der Waals surface area contributed by atoms with Crippen LogP contribution in [-0.2, 0) is 16.8 Å². The van der Waals surface area contributed by atoms with Crippen LogP contribution >= 0.6 is 0 Å². The van der Waals surface area contributed by atoms with Crippen LogP contribution in [0.1, 0.15) is 18.1 Å². The summed E-state index contributed by atoms with van der Waals surface area (Å²) in [7, 11) is 0. The lowest BCUT2D eigenvalue weighted by molar-refractivity contribution is -0.127. The number of aliphatic hydroxyl groups is 1. The average Bonchev–Trinajstić information content (AvgIpc) is 2.60. The number of nitrogens with one attached hydrogen (secondary N) is 1. The first-order valence-electron chi connectivity index (χ1n) is 7.82. The monoisotopic (exact) mass is 311 g/mol. The van der Waals surface area contributed by atoms with Crippen LogP contribution in [0.5, 0.6) is 5.75 Å². The maximum Gasteiger partial charge on any atom is 0.227 e. The Kier molecular flexibility index (Phi) is 4.35. The van der Waals surface area contributed by atoms with Crippen molar-refractivity contribution in [2.24, 2.45) is 5.92 Å². The van der Waals surface area contributed by atoms with Gasteiger partial charge in [0.05, 0.1) is 12.5 Å². The van der Waals surface area contributed by atoms with Crippen molar-refractivity contribution in [3.63, 3.8) is 0 Å². The van der Waals surface area contributed by atoms with E-state index in [1.54, 1.807) is 6.92 Å². The highest BCUT2D eigenvalue weighted by atomic mass is 16.5. The van der Waals surface area contributed by atoms with E-state index in [0.717, 1.165) is 16.9 Å². The van der Waals surface area contributed by atoms with Crippen molar-refractivity contribution < 1.29 is 14.6 Å². The van der Waals surface area contributed by atoms with Gasteiger partial charge >= 0.3 is 0 Å². The number of para-hydroxylation sites is 1. The molecule has 2 aromatic carbocycles. The third kappa shape index (κ3) is 3.54. The first-order valence-corrected chi connectivity index (χ1v) is 7.82. The van der Waals surface area contributed by atoms with Crippen LogP contribution < -0.4 is 10.1 Å². The minimum absolute atomic E-state index is 0.0873. The van der Waals surface area contributed by atoms with Crippen molar-refractivity contribution in [2.75, 3.05) is 13.2 Å². The Bertz CT molecular complexity index is 682. The molecule has 120 valence electrons. The Hall–Kier alpha value is -2.33. The van der Waals surface area contributed by atoms with Gasteiger partial charge < -0.3 is 15.2 Å². The van der Waals surface area contributed by atoms with Gasteiger partial charge in [-0.15, -0.1) is 0 Å². The normalized spacial score (nSPS) is 19.1. The lowest BCUT2D eigenvalue weighted by Gasteiger charge is -2.28. The number of rotatable bonds is 4. The Labute approximate surface area is 136 Å². The molecule has 0 fully saturated rings. The quantitative estimate of drug-likeness (QED) is 0.910. The van der Waals surface area contributed by atoms with Gasteiger partial charge in [0.25, 0.3) is 0 Å². The van der Waals surface area contributed by atoms with Crippen molar-refractivity contribution in [3.8, 4) is 5.75 Å². The van der Waals surface area contributed by atoms with Gasteiger partial charge in [-0.1, -0.05) is 48.5 Å². The summed E-state index contributed by atoms with van der Waals surface area (Å²) in [4.78, 5) is 12.4. The van der Waals surface area contributed by atoms with Gasteiger partial charge in [0.1, 0.15) is 18.0 Å². The zero-order chi connectivity index (χ0) is 16.3. The molecule has 2 unspecified atom stereocenters. The summed E-state index contributed by atoms with van der Waals surface area (Å²) in [6.07, 6.45) is 0.662. The van der Waals surface area contributed by atoms with Crippen LogP contribution in [-0.4, -0.2) is 24.2 Å². The molecule has 0 spiro atoms. The lowest BCUT2D eigenvalue weighted by atomic mass is 9.94. The van der Waals surface area contributed by atoms with E-state index < -0.39 is 5.60 Å². The summed E-state index contributed by atoms with van der Waals surface area (Å²) in [6.45, 7) is 2.25. The van der Waals surface area contributed by atoms with E-state index in [-0.39, 0.29) is 18.4 Å². The van der Waals surface area contributed by atoms with Crippen LogP contribution in [0, 0.1) is 5.92 Å². The van der Waals surface area contributed by atoms with Gasteiger partial charge in [-0.25, -0.2) is 0 Å². The molecule has 2 atom stereocenters. The van der Waals surface area contributed by atoms with E-state index in [9.17, 15) is 9.90 Å². The Morgan fingerprint density at radius 3 is 2.70 bits per heavy atom. The van der Waals surface area contributed by atoms with Gasteiger partial charge in [0.15, 0.2) is 0 Å². The number of carbonyl (C=O) groups is 1. The fourth-order valence-corrected chi connectivity index (χ4v) is 2.80. The predicted molar refractivity (Wildman–Crippen MR) is 88.2 cm³/mol. The molecule has 0 saturated carbocycles. The second kappa shape index (κ2) is 6.42. The molecule has 1 heterocycles. The first kappa shape index (κ1) is 15.6. The molecule has 0 aliphatic carbocycles. The second-order valence-electron chi connectivity index (χ2n) is 6.18. The van der Waals surface area contributed by atoms with Crippen molar-refractivity contribution >= 4 is 5.91 Å². The molecular weight excluding hydrogens is 290 g/mol. The molecule has 1 aliphatic heterocycles. The highest BCUT2D eigenvalue weighted by molar-refractivity contribution is 5.79. The van der Waals surface area contributed by atoms with Gasteiger partial charge in [0.2, 0.25) is 5.91 Å². The van der Waals surface area contributed by atoms with Gasteiger partial charge in [-0.2, -0.15) is 0 Å². The molecule has 0 saturated heterocycles. The largest absolute Gasteiger partial charge is 0.492 e. The molecule has 0 radical (unpaired) electrons. The lowest BCUT2D eigenvalue weighted by Crippen LogP contribution is -2.43. The summed E-state index contributed by atoms with van der Waals surface area (Å²) in [6, 6.07) is 17.1. The van der Waals surface area contributed by atoms with E-state index in [1.165, 1.54) is 0 Å². The van der Waals surface area contributed by atoms with Crippen LogP contribution in [0.2, 0.25) is 0 Å². The molecule has 0 bridgehead atoms. The molecular formula is C19H21NO3. The van der Waals surface area contributed by atoms with Crippen LogP contribution in [0.25, 0.3) is 0 Å². The van der Waals surface area contributed by atoms with Crippen molar-refractivity contribution in [1.29, 1.82) is 0 Å². The maximum atomic E-state index is 12.4. The topological polar surface area (TPSA) is 58.6 Å². The molecule has 4 nitrogen and oxygen atoms in total. The third-order valence-electron chi connectivity index (χ3n) is 4.25. The highest BCUT2D eigenvalue weighted by Crippen LogP contribution is 2.27. The number of hydrogen-bond donors (Lipinski definition) is 2. The van der Waals surface area contributed by atoms with Gasteiger partial charge in [-0.05, 0) is 30.5 Å². The molecule has 2 N–H and O–H groups in total. The SMILES string of the molecule is CC(O)(CNC(=O)C1COc2ccccc2C1)c1ccccc1. The average molecular weight is 311 g/mol.